The van der Waals surface area contributed by atoms with Crippen molar-refractivity contribution in [2.45, 2.75) is 11.8 Å². The van der Waals surface area contributed by atoms with E-state index in [9.17, 15) is 9.59 Å². The first kappa shape index (κ1) is 18.1. The molecule has 1 atom stereocenters. The predicted octanol–water partition coefficient (Wildman–Crippen LogP) is 2.55. The average Bonchev–Trinajstić information content (AvgIpc) is 3.02. The van der Waals surface area contributed by atoms with Crippen LogP contribution in [0.4, 0.5) is 0 Å². The normalized spacial score (nSPS) is 16.5. The summed E-state index contributed by atoms with van der Waals surface area (Å²) in [6.07, 6.45) is 0.216. The summed E-state index contributed by atoms with van der Waals surface area (Å²) < 4.78 is 10.6. The molecule has 1 saturated heterocycles. The van der Waals surface area contributed by atoms with Gasteiger partial charge in [-0.3, -0.25) is 15.0 Å². The van der Waals surface area contributed by atoms with E-state index in [4.69, 9.17) is 9.47 Å². The van der Waals surface area contributed by atoms with Crippen molar-refractivity contribution in [2.24, 2.45) is 0 Å². The average molecular weight is 372 g/mol. The molecule has 1 aliphatic heterocycles. The van der Waals surface area contributed by atoms with Crippen LogP contribution < -0.4 is 14.9 Å². The van der Waals surface area contributed by atoms with Gasteiger partial charge in [0.15, 0.2) is 11.5 Å². The molecule has 0 aliphatic carbocycles. The van der Waals surface area contributed by atoms with Crippen LogP contribution in [0.5, 0.6) is 11.5 Å². The fraction of sp³-hybridized carbons (Fsp3) is 0.263. The maximum atomic E-state index is 12.4. The molecule has 2 aromatic carbocycles. The quantitative estimate of drug-likeness (QED) is 0.844. The first-order valence-corrected chi connectivity index (χ1v) is 9.16. The summed E-state index contributed by atoms with van der Waals surface area (Å²) in [7, 11) is 3.13. The topological polar surface area (TPSA) is 67.9 Å². The van der Waals surface area contributed by atoms with Crippen LogP contribution in [0.1, 0.15) is 16.5 Å². The molecule has 0 aromatic heterocycles. The Labute approximate surface area is 156 Å². The summed E-state index contributed by atoms with van der Waals surface area (Å²) in [4.78, 5) is 24.6. The van der Waals surface area contributed by atoms with Crippen molar-refractivity contribution in [3.05, 3.63) is 59.7 Å². The van der Waals surface area contributed by atoms with Crippen molar-refractivity contribution in [1.29, 1.82) is 0 Å². The second kappa shape index (κ2) is 8.14. The molecule has 0 saturated carbocycles. The Morgan fingerprint density at radius 3 is 2.58 bits per heavy atom. The van der Waals surface area contributed by atoms with E-state index in [-0.39, 0.29) is 23.6 Å². The summed E-state index contributed by atoms with van der Waals surface area (Å²) in [6.45, 7) is 0. The molecule has 1 aliphatic rings. The third kappa shape index (κ3) is 3.94. The lowest BCUT2D eigenvalue weighted by atomic mass is 10.1. The molecule has 2 amide bonds. The first-order chi connectivity index (χ1) is 12.6. The second-order valence-electron chi connectivity index (χ2n) is 5.74. The molecule has 1 N–H and O–H groups in total. The van der Waals surface area contributed by atoms with E-state index in [2.05, 4.69) is 5.43 Å². The van der Waals surface area contributed by atoms with Crippen LogP contribution in [0, 0.1) is 0 Å². The second-order valence-corrected chi connectivity index (χ2v) is 6.81. The van der Waals surface area contributed by atoms with Crippen LogP contribution in [0.15, 0.2) is 48.5 Å². The number of hydrazine groups is 1. The number of rotatable bonds is 6. The molecule has 1 fully saturated rings. The molecule has 2 aromatic rings. The lowest BCUT2D eigenvalue weighted by molar-refractivity contribution is -0.139. The number of thioether (sulfide) groups is 1. The van der Waals surface area contributed by atoms with Crippen LogP contribution in [0.3, 0.4) is 0 Å². The Balaban J connectivity index is 1.75. The zero-order valence-corrected chi connectivity index (χ0v) is 15.4. The summed E-state index contributed by atoms with van der Waals surface area (Å²) in [5, 5.41) is 1.10. The predicted molar refractivity (Wildman–Crippen MR) is 99.9 cm³/mol. The number of carbonyl (C=O) groups is 2. The van der Waals surface area contributed by atoms with Gasteiger partial charge in [0, 0.05) is 0 Å². The zero-order valence-electron chi connectivity index (χ0n) is 14.6. The minimum Gasteiger partial charge on any atom is -0.493 e. The van der Waals surface area contributed by atoms with E-state index in [1.54, 1.807) is 20.3 Å². The fourth-order valence-corrected chi connectivity index (χ4v) is 3.85. The molecule has 6 nitrogen and oxygen atoms in total. The number of methoxy groups -OCH3 is 2. The number of hydrogen-bond acceptors (Lipinski definition) is 5. The van der Waals surface area contributed by atoms with Gasteiger partial charge >= 0.3 is 0 Å². The number of hydrogen-bond donors (Lipinski definition) is 1. The van der Waals surface area contributed by atoms with Crippen LogP contribution in [0.2, 0.25) is 0 Å². The van der Waals surface area contributed by atoms with Crippen molar-refractivity contribution in [3.63, 3.8) is 0 Å². The van der Waals surface area contributed by atoms with Gasteiger partial charge in [-0.2, -0.15) is 0 Å². The standard InChI is InChI=1S/C19H20N2O4S/c1-24-15-9-8-14(11-16(15)25-2)19-21(18(23)12-26-19)20-17(22)10-13-6-4-3-5-7-13/h3-9,11,19H,10,12H2,1-2H3,(H,20,22). The number of amides is 2. The van der Waals surface area contributed by atoms with E-state index in [0.717, 1.165) is 11.1 Å². The van der Waals surface area contributed by atoms with Gasteiger partial charge in [-0.05, 0) is 23.3 Å². The molecule has 7 heteroatoms. The van der Waals surface area contributed by atoms with Gasteiger partial charge in [0.2, 0.25) is 5.91 Å². The van der Waals surface area contributed by atoms with Crippen LogP contribution >= 0.6 is 11.8 Å². The van der Waals surface area contributed by atoms with E-state index in [0.29, 0.717) is 17.3 Å². The Morgan fingerprint density at radius 1 is 1.15 bits per heavy atom. The van der Waals surface area contributed by atoms with Crippen LogP contribution in [-0.2, 0) is 16.0 Å². The molecule has 136 valence electrons. The molecule has 3 rings (SSSR count). The Hall–Kier alpha value is -2.67. The van der Waals surface area contributed by atoms with Crippen LogP contribution in [-0.4, -0.2) is 36.8 Å². The largest absolute Gasteiger partial charge is 0.493 e. The van der Waals surface area contributed by atoms with Crippen molar-refractivity contribution in [3.8, 4) is 11.5 Å². The minimum atomic E-state index is -0.304. The van der Waals surface area contributed by atoms with E-state index < -0.39 is 0 Å². The molecule has 1 heterocycles. The van der Waals surface area contributed by atoms with Gasteiger partial charge in [0.1, 0.15) is 5.37 Å². The summed E-state index contributed by atoms with van der Waals surface area (Å²) in [5.41, 5.74) is 4.50. The van der Waals surface area contributed by atoms with Gasteiger partial charge in [-0.15, -0.1) is 11.8 Å². The number of nitrogens with one attached hydrogen (secondary N) is 1. The smallest absolute Gasteiger partial charge is 0.252 e. The highest BCUT2D eigenvalue weighted by molar-refractivity contribution is 8.00. The molecule has 0 bridgehead atoms. The lowest BCUT2D eigenvalue weighted by Crippen LogP contribution is -2.45. The number of carbonyl (C=O) groups excluding carboxylic acids is 2. The zero-order chi connectivity index (χ0) is 18.5. The fourth-order valence-electron chi connectivity index (χ4n) is 2.75. The van der Waals surface area contributed by atoms with Crippen LogP contribution in [0.25, 0.3) is 0 Å². The van der Waals surface area contributed by atoms with E-state index in [1.165, 1.54) is 16.8 Å². The highest BCUT2D eigenvalue weighted by Gasteiger charge is 2.34. The molecule has 0 radical (unpaired) electrons. The SMILES string of the molecule is COc1ccc(C2SCC(=O)N2NC(=O)Cc2ccccc2)cc1OC. The van der Waals surface area contributed by atoms with E-state index in [1.807, 2.05) is 42.5 Å². The summed E-state index contributed by atoms with van der Waals surface area (Å²) in [5.74, 6) is 1.16. The number of benzene rings is 2. The highest BCUT2D eigenvalue weighted by Crippen LogP contribution is 2.40. The molecule has 0 spiro atoms. The van der Waals surface area contributed by atoms with Gasteiger partial charge in [-0.1, -0.05) is 36.4 Å². The van der Waals surface area contributed by atoms with Crippen molar-refractivity contribution in [2.75, 3.05) is 20.0 Å². The van der Waals surface area contributed by atoms with Crippen molar-refractivity contribution < 1.29 is 19.1 Å². The van der Waals surface area contributed by atoms with E-state index >= 15 is 0 Å². The summed E-state index contributed by atoms with van der Waals surface area (Å²) >= 11 is 1.46. The third-order valence-corrected chi connectivity index (χ3v) is 5.23. The monoisotopic (exact) mass is 372 g/mol. The first-order valence-electron chi connectivity index (χ1n) is 8.11. The van der Waals surface area contributed by atoms with Gasteiger partial charge in [-0.25, -0.2) is 5.01 Å². The number of ether oxygens (including phenoxy) is 2. The van der Waals surface area contributed by atoms with Crippen molar-refractivity contribution in [1.82, 2.24) is 10.4 Å². The summed E-state index contributed by atoms with van der Waals surface area (Å²) in [6, 6.07) is 14.9. The Bertz CT molecular complexity index is 797. The Morgan fingerprint density at radius 2 is 1.88 bits per heavy atom. The maximum absolute atomic E-state index is 12.4. The van der Waals surface area contributed by atoms with Gasteiger partial charge < -0.3 is 9.47 Å². The maximum Gasteiger partial charge on any atom is 0.252 e. The molecule has 1 unspecified atom stereocenters. The van der Waals surface area contributed by atoms with Gasteiger partial charge in [0.05, 0.1) is 26.4 Å². The van der Waals surface area contributed by atoms with Crippen molar-refractivity contribution >= 4 is 23.6 Å². The molecular weight excluding hydrogens is 352 g/mol. The third-order valence-electron chi connectivity index (χ3n) is 4.01. The number of nitrogens with zero attached hydrogens (tertiary/aromatic N) is 1. The molecular formula is C19H20N2O4S. The van der Waals surface area contributed by atoms with Gasteiger partial charge in [0.25, 0.3) is 5.91 Å². The molecule has 26 heavy (non-hydrogen) atoms. The lowest BCUT2D eigenvalue weighted by Gasteiger charge is -2.25. The highest BCUT2D eigenvalue weighted by atomic mass is 32.2. The Kier molecular flexibility index (Phi) is 5.68. The minimum absolute atomic E-state index is 0.129.